The zero-order valence-corrected chi connectivity index (χ0v) is 17.3. The number of aromatic nitrogens is 3. The Hall–Kier alpha value is -3.13. The fourth-order valence-corrected chi connectivity index (χ4v) is 3.41. The summed E-state index contributed by atoms with van der Waals surface area (Å²) in [5.74, 6) is 1.39. The standard InChI is InChI=1S/C21H22N4O3S/c1-14-4-6-16(7-5-14)20(27)22-12-19-23-24-21(25(19)2)29-13-18(26)15-8-10-17(28-3)11-9-15/h4-11H,12-13H2,1-3H3,(H,22,27). The van der Waals surface area contributed by atoms with Crippen LogP contribution in [0.15, 0.2) is 53.7 Å². The molecule has 0 aliphatic rings. The molecule has 150 valence electrons. The monoisotopic (exact) mass is 410 g/mol. The van der Waals surface area contributed by atoms with Crippen molar-refractivity contribution in [1.29, 1.82) is 0 Å². The molecule has 0 radical (unpaired) electrons. The van der Waals surface area contributed by atoms with Crippen molar-refractivity contribution in [2.45, 2.75) is 18.6 Å². The predicted octanol–water partition coefficient (Wildman–Crippen LogP) is 3.04. The van der Waals surface area contributed by atoms with E-state index in [1.165, 1.54) is 11.8 Å². The Balaban J connectivity index is 1.55. The largest absolute Gasteiger partial charge is 0.497 e. The van der Waals surface area contributed by atoms with E-state index in [0.29, 0.717) is 27.9 Å². The third-order valence-corrected chi connectivity index (χ3v) is 5.41. The van der Waals surface area contributed by atoms with Gasteiger partial charge in [0.15, 0.2) is 16.8 Å². The summed E-state index contributed by atoms with van der Waals surface area (Å²) in [6.07, 6.45) is 0. The molecule has 0 fully saturated rings. The summed E-state index contributed by atoms with van der Waals surface area (Å²) in [5, 5.41) is 11.7. The van der Waals surface area contributed by atoms with Crippen LogP contribution in [-0.4, -0.2) is 39.3 Å². The summed E-state index contributed by atoms with van der Waals surface area (Å²) in [6, 6.07) is 14.4. The van der Waals surface area contributed by atoms with E-state index in [-0.39, 0.29) is 24.0 Å². The molecule has 0 saturated carbocycles. The molecule has 1 N–H and O–H groups in total. The first kappa shape index (κ1) is 20.6. The Bertz CT molecular complexity index is 998. The molecule has 1 amide bonds. The van der Waals surface area contributed by atoms with E-state index in [0.717, 1.165) is 5.56 Å². The van der Waals surface area contributed by atoms with E-state index in [2.05, 4.69) is 15.5 Å². The van der Waals surface area contributed by atoms with Crippen molar-refractivity contribution < 1.29 is 14.3 Å². The van der Waals surface area contributed by atoms with Crippen LogP contribution in [0.2, 0.25) is 0 Å². The van der Waals surface area contributed by atoms with Crippen LogP contribution in [0.25, 0.3) is 0 Å². The highest BCUT2D eigenvalue weighted by molar-refractivity contribution is 7.99. The fraction of sp³-hybridized carbons (Fsp3) is 0.238. The van der Waals surface area contributed by atoms with E-state index in [1.54, 1.807) is 48.1 Å². The second-order valence-electron chi connectivity index (χ2n) is 6.45. The summed E-state index contributed by atoms with van der Waals surface area (Å²) in [6.45, 7) is 2.23. The lowest BCUT2D eigenvalue weighted by Crippen LogP contribution is -2.24. The minimum absolute atomic E-state index is 0.00474. The zero-order chi connectivity index (χ0) is 20.8. The van der Waals surface area contributed by atoms with Crippen LogP contribution in [-0.2, 0) is 13.6 Å². The van der Waals surface area contributed by atoms with Gasteiger partial charge in [0.2, 0.25) is 0 Å². The van der Waals surface area contributed by atoms with Crippen molar-refractivity contribution in [2.24, 2.45) is 7.05 Å². The highest BCUT2D eigenvalue weighted by Gasteiger charge is 2.14. The summed E-state index contributed by atoms with van der Waals surface area (Å²) in [7, 11) is 3.40. The molecule has 3 rings (SSSR count). The smallest absolute Gasteiger partial charge is 0.251 e. The molecule has 1 aromatic heterocycles. The van der Waals surface area contributed by atoms with Gasteiger partial charge in [-0.05, 0) is 43.3 Å². The van der Waals surface area contributed by atoms with E-state index < -0.39 is 0 Å². The lowest BCUT2D eigenvalue weighted by atomic mass is 10.1. The van der Waals surface area contributed by atoms with Gasteiger partial charge in [0.05, 0.1) is 19.4 Å². The quantitative estimate of drug-likeness (QED) is 0.454. The van der Waals surface area contributed by atoms with Gasteiger partial charge in [-0.25, -0.2) is 0 Å². The number of carbonyl (C=O) groups excluding carboxylic acids is 2. The van der Waals surface area contributed by atoms with Gasteiger partial charge in [-0.3, -0.25) is 9.59 Å². The number of ether oxygens (including phenoxy) is 1. The lowest BCUT2D eigenvalue weighted by Gasteiger charge is -2.06. The van der Waals surface area contributed by atoms with Crippen LogP contribution >= 0.6 is 11.8 Å². The molecule has 3 aromatic rings. The molecule has 29 heavy (non-hydrogen) atoms. The molecule has 0 spiro atoms. The number of aryl methyl sites for hydroxylation is 1. The Morgan fingerprint density at radius 2 is 1.69 bits per heavy atom. The van der Waals surface area contributed by atoms with Gasteiger partial charge < -0.3 is 14.6 Å². The van der Waals surface area contributed by atoms with E-state index in [9.17, 15) is 9.59 Å². The SMILES string of the molecule is COc1ccc(C(=O)CSc2nnc(CNC(=O)c3ccc(C)cc3)n2C)cc1. The number of nitrogens with zero attached hydrogens (tertiary/aromatic N) is 3. The van der Waals surface area contributed by atoms with Crippen LogP contribution in [0.1, 0.15) is 32.1 Å². The van der Waals surface area contributed by atoms with Gasteiger partial charge in [-0.2, -0.15) is 0 Å². The molecule has 2 aromatic carbocycles. The first-order valence-corrected chi connectivity index (χ1v) is 9.99. The maximum Gasteiger partial charge on any atom is 0.251 e. The predicted molar refractivity (Wildman–Crippen MR) is 111 cm³/mol. The van der Waals surface area contributed by atoms with Crippen molar-refractivity contribution in [3.8, 4) is 5.75 Å². The number of benzene rings is 2. The summed E-state index contributed by atoms with van der Waals surface area (Å²) in [5.41, 5.74) is 2.31. The average molecular weight is 410 g/mol. The molecule has 7 nitrogen and oxygen atoms in total. The Labute approximate surface area is 173 Å². The van der Waals surface area contributed by atoms with Crippen molar-refractivity contribution in [1.82, 2.24) is 20.1 Å². The maximum absolute atomic E-state index is 12.4. The number of amides is 1. The molecule has 8 heteroatoms. The summed E-state index contributed by atoms with van der Waals surface area (Å²) in [4.78, 5) is 24.6. The van der Waals surface area contributed by atoms with Crippen LogP contribution in [0.5, 0.6) is 5.75 Å². The maximum atomic E-state index is 12.4. The number of hydrogen-bond donors (Lipinski definition) is 1. The molecule has 0 atom stereocenters. The highest BCUT2D eigenvalue weighted by Crippen LogP contribution is 2.19. The average Bonchev–Trinajstić information content (AvgIpc) is 3.10. The lowest BCUT2D eigenvalue weighted by molar-refractivity contribution is 0.0948. The van der Waals surface area contributed by atoms with Crippen LogP contribution in [0.3, 0.4) is 0 Å². The van der Waals surface area contributed by atoms with Crippen LogP contribution in [0, 0.1) is 6.92 Å². The molecular formula is C21H22N4O3S. The molecule has 0 saturated heterocycles. The minimum atomic E-state index is -0.170. The Kier molecular flexibility index (Phi) is 6.66. The molecule has 0 bridgehead atoms. The van der Waals surface area contributed by atoms with Crippen molar-refractivity contribution >= 4 is 23.5 Å². The summed E-state index contributed by atoms with van der Waals surface area (Å²) >= 11 is 1.31. The Morgan fingerprint density at radius 3 is 2.34 bits per heavy atom. The van der Waals surface area contributed by atoms with Crippen molar-refractivity contribution in [3.63, 3.8) is 0 Å². The minimum Gasteiger partial charge on any atom is -0.497 e. The van der Waals surface area contributed by atoms with Crippen LogP contribution < -0.4 is 10.1 Å². The number of hydrogen-bond acceptors (Lipinski definition) is 6. The van der Waals surface area contributed by atoms with Gasteiger partial charge in [0.1, 0.15) is 5.75 Å². The first-order chi connectivity index (χ1) is 14.0. The van der Waals surface area contributed by atoms with Crippen molar-refractivity contribution in [3.05, 3.63) is 71.0 Å². The number of nitrogens with one attached hydrogen (secondary N) is 1. The third-order valence-electron chi connectivity index (χ3n) is 4.39. The number of carbonyl (C=O) groups is 2. The topological polar surface area (TPSA) is 86.1 Å². The van der Waals surface area contributed by atoms with Gasteiger partial charge in [-0.1, -0.05) is 29.5 Å². The van der Waals surface area contributed by atoms with Gasteiger partial charge in [-0.15, -0.1) is 10.2 Å². The second kappa shape index (κ2) is 9.38. The van der Waals surface area contributed by atoms with Gasteiger partial charge >= 0.3 is 0 Å². The molecule has 0 unspecified atom stereocenters. The number of methoxy groups -OCH3 is 1. The normalized spacial score (nSPS) is 10.6. The number of rotatable bonds is 8. The van der Waals surface area contributed by atoms with Gasteiger partial charge in [0.25, 0.3) is 5.91 Å². The molecule has 1 heterocycles. The number of thioether (sulfide) groups is 1. The molecular weight excluding hydrogens is 388 g/mol. The number of ketones is 1. The first-order valence-electron chi connectivity index (χ1n) is 9.01. The second-order valence-corrected chi connectivity index (χ2v) is 7.39. The van der Waals surface area contributed by atoms with E-state index >= 15 is 0 Å². The highest BCUT2D eigenvalue weighted by atomic mass is 32.2. The van der Waals surface area contributed by atoms with Crippen molar-refractivity contribution in [2.75, 3.05) is 12.9 Å². The van der Waals surface area contributed by atoms with E-state index in [4.69, 9.17) is 4.74 Å². The Morgan fingerprint density at radius 1 is 1.03 bits per heavy atom. The molecule has 0 aliphatic heterocycles. The van der Waals surface area contributed by atoms with E-state index in [1.807, 2.05) is 26.1 Å². The van der Waals surface area contributed by atoms with Gasteiger partial charge in [0, 0.05) is 18.2 Å². The third kappa shape index (κ3) is 5.23. The van der Waals surface area contributed by atoms with Crippen LogP contribution in [0.4, 0.5) is 0 Å². The zero-order valence-electron chi connectivity index (χ0n) is 16.5. The summed E-state index contributed by atoms with van der Waals surface area (Å²) < 4.78 is 6.88. The number of Topliss-reactive ketones (excluding diaryl/α,β-unsaturated/α-hetero) is 1. The molecule has 0 aliphatic carbocycles. The fourth-order valence-electron chi connectivity index (χ4n) is 2.58.